The average molecular weight is 306 g/mol. The zero-order valence-electron chi connectivity index (χ0n) is 14.1. The topological polar surface area (TPSA) is 63.6 Å². The first-order chi connectivity index (χ1) is 10.1. The molecule has 122 valence electrons. The van der Waals surface area contributed by atoms with Gasteiger partial charge >= 0.3 is 5.97 Å². The fourth-order valence-corrected chi connectivity index (χ4v) is 2.19. The Labute approximate surface area is 132 Å². The summed E-state index contributed by atoms with van der Waals surface area (Å²) >= 11 is 0. The van der Waals surface area contributed by atoms with E-state index < -0.39 is 5.97 Å². The van der Waals surface area contributed by atoms with Gasteiger partial charge in [-0.05, 0) is 43.9 Å². The van der Waals surface area contributed by atoms with Gasteiger partial charge in [0.15, 0.2) is 5.78 Å². The third-order valence-corrected chi connectivity index (χ3v) is 3.27. The monoisotopic (exact) mass is 306 g/mol. The van der Waals surface area contributed by atoms with Gasteiger partial charge in [0.1, 0.15) is 5.75 Å². The van der Waals surface area contributed by atoms with Crippen LogP contribution < -0.4 is 4.74 Å². The highest BCUT2D eigenvalue weighted by molar-refractivity contribution is 5.96. The molecule has 0 atom stereocenters. The Morgan fingerprint density at radius 3 is 2.32 bits per heavy atom. The second-order valence-electron chi connectivity index (χ2n) is 6.80. The zero-order chi connectivity index (χ0) is 16.9. The van der Waals surface area contributed by atoms with Gasteiger partial charge in [-0.15, -0.1) is 0 Å². The molecule has 0 saturated carbocycles. The van der Waals surface area contributed by atoms with Crippen LogP contribution in [0.25, 0.3) is 0 Å². The SMILES string of the molecule is CC(C)Oc1ccc(C(=O)CCCC(=O)O)cc1C(C)(C)C. The van der Waals surface area contributed by atoms with E-state index in [1.807, 2.05) is 26.0 Å². The minimum Gasteiger partial charge on any atom is -0.491 e. The molecule has 4 heteroatoms. The van der Waals surface area contributed by atoms with Crippen molar-refractivity contribution < 1.29 is 19.4 Å². The summed E-state index contributed by atoms with van der Waals surface area (Å²) < 4.78 is 5.83. The maximum Gasteiger partial charge on any atom is 0.303 e. The van der Waals surface area contributed by atoms with E-state index in [-0.39, 0.29) is 30.1 Å². The molecule has 0 radical (unpaired) electrons. The fraction of sp³-hybridized carbons (Fsp3) is 0.556. The van der Waals surface area contributed by atoms with Gasteiger partial charge in [-0.1, -0.05) is 20.8 Å². The second kappa shape index (κ2) is 7.43. The van der Waals surface area contributed by atoms with Gasteiger partial charge in [0.05, 0.1) is 6.10 Å². The number of carbonyl (C=O) groups is 2. The number of carboxylic acid groups (broad SMARTS) is 1. The van der Waals surface area contributed by atoms with E-state index in [1.165, 1.54) is 0 Å². The van der Waals surface area contributed by atoms with E-state index in [9.17, 15) is 9.59 Å². The fourth-order valence-electron chi connectivity index (χ4n) is 2.19. The maximum absolute atomic E-state index is 12.2. The number of rotatable bonds is 7. The molecule has 0 amide bonds. The molecule has 0 aliphatic rings. The first-order valence-corrected chi connectivity index (χ1v) is 7.67. The lowest BCUT2D eigenvalue weighted by Gasteiger charge is -2.24. The molecule has 0 aliphatic heterocycles. The van der Waals surface area contributed by atoms with Crippen LogP contribution in [-0.4, -0.2) is 23.0 Å². The number of carbonyl (C=O) groups excluding carboxylic acids is 1. The predicted octanol–water partition coefficient (Wildman–Crippen LogP) is 4.21. The van der Waals surface area contributed by atoms with Crippen LogP contribution in [0.2, 0.25) is 0 Å². The second-order valence-corrected chi connectivity index (χ2v) is 6.80. The molecule has 0 aromatic heterocycles. The van der Waals surface area contributed by atoms with Crippen LogP contribution in [0, 0.1) is 0 Å². The Balaban J connectivity index is 2.98. The summed E-state index contributed by atoms with van der Waals surface area (Å²) in [6.45, 7) is 10.2. The van der Waals surface area contributed by atoms with Crippen LogP contribution in [0.15, 0.2) is 18.2 Å². The van der Waals surface area contributed by atoms with Crippen LogP contribution in [0.5, 0.6) is 5.75 Å². The summed E-state index contributed by atoms with van der Waals surface area (Å²) in [5, 5.41) is 8.64. The van der Waals surface area contributed by atoms with Crippen molar-refractivity contribution in [2.75, 3.05) is 0 Å². The number of hydrogen-bond donors (Lipinski definition) is 1. The average Bonchev–Trinajstić information content (AvgIpc) is 2.36. The molecule has 0 saturated heterocycles. The highest BCUT2D eigenvalue weighted by Gasteiger charge is 2.21. The highest BCUT2D eigenvalue weighted by Crippen LogP contribution is 2.33. The largest absolute Gasteiger partial charge is 0.491 e. The molecule has 1 N–H and O–H groups in total. The molecular weight excluding hydrogens is 280 g/mol. The first kappa shape index (κ1) is 18.2. The Morgan fingerprint density at radius 1 is 1.18 bits per heavy atom. The van der Waals surface area contributed by atoms with Gasteiger partial charge < -0.3 is 9.84 Å². The van der Waals surface area contributed by atoms with Gasteiger partial charge in [0.25, 0.3) is 0 Å². The van der Waals surface area contributed by atoms with Gasteiger partial charge in [-0.3, -0.25) is 9.59 Å². The lowest BCUT2D eigenvalue weighted by Crippen LogP contribution is -2.17. The maximum atomic E-state index is 12.2. The van der Waals surface area contributed by atoms with Crippen LogP contribution in [0.1, 0.15) is 69.8 Å². The van der Waals surface area contributed by atoms with Crippen molar-refractivity contribution in [2.24, 2.45) is 0 Å². The summed E-state index contributed by atoms with van der Waals surface area (Å²) in [6.07, 6.45) is 0.703. The summed E-state index contributed by atoms with van der Waals surface area (Å²) in [5.74, 6) is -0.101. The van der Waals surface area contributed by atoms with Crippen LogP contribution in [0.4, 0.5) is 0 Å². The summed E-state index contributed by atoms with van der Waals surface area (Å²) in [5.41, 5.74) is 1.47. The predicted molar refractivity (Wildman–Crippen MR) is 86.7 cm³/mol. The van der Waals surface area contributed by atoms with E-state index >= 15 is 0 Å². The summed E-state index contributed by atoms with van der Waals surface area (Å²) in [6, 6.07) is 5.47. The van der Waals surface area contributed by atoms with E-state index in [0.717, 1.165) is 11.3 Å². The first-order valence-electron chi connectivity index (χ1n) is 7.67. The number of benzene rings is 1. The lowest BCUT2D eigenvalue weighted by molar-refractivity contribution is -0.137. The van der Waals surface area contributed by atoms with Crippen molar-refractivity contribution in [3.05, 3.63) is 29.3 Å². The van der Waals surface area contributed by atoms with Crippen molar-refractivity contribution >= 4 is 11.8 Å². The van der Waals surface area contributed by atoms with Crippen molar-refractivity contribution in [3.63, 3.8) is 0 Å². The summed E-state index contributed by atoms with van der Waals surface area (Å²) in [7, 11) is 0. The van der Waals surface area contributed by atoms with E-state index in [4.69, 9.17) is 9.84 Å². The Hall–Kier alpha value is -1.84. The molecule has 0 heterocycles. The van der Waals surface area contributed by atoms with E-state index in [2.05, 4.69) is 20.8 Å². The quantitative estimate of drug-likeness (QED) is 0.766. The summed E-state index contributed by atoms with van der Waals surface area (Å²) in [4.78, 5) is 22.7. The Bertz CT molecular complexity index is 539. The number of ketones is 1. The highest BCUT2D eigenvalue weighted by atomic mass is 16.5. The number of carboxylic acids is 1. The molecule has 4 nitrogen and oxygen atoms in total. The third kappa shape index (κ3) is 5.51. The number of Topliss-reactive ketones (excluding diaryl/α,β-unsaturated/α-hetero) is 1. The molecule has 0 aliphatic carbocycles. The van der Waals surface area contributed by atoms with Crippen LogP contribution in [0.3, 0.4) is 0 Å². The van der Waals surface area contributed by atoms with Crippen molar-refractivity contribution in [1.29, 1.82) is 0 Å². The van der Waals surface area contributed by atoms with Gasteiger partial charge in [-0.2, -0.15) is 0 Å². The molecular formula is C18H26O4. The van der Waals surface area contributed by atoms with Crippen LogP contribution >= 0.6 is 0 Å². The molecule has 0 bridgehead atoms. The van der Waals surface area contributed by atoms with Crippen molar-refractivity contribution in [2.45, 2.75) is 65.4 Å². The molecule has 1 rings (SSSR count). The van der Waals surface area contributed by atoms with E-state index in [0.29, 0.717) is 12.0 Å². The molecule has 0 spiro atoms. The number of ether oxygens (including phenoxy) is 1. The number of aliphatic carboxylic acids is 1. The molecule has 0 unspecified atom stereocenters. The van der Waals surface area contributed by atoms with Gasteiger partial charge in [0.2, 0.25) is 0 Å². The molecule has 0 fully saturated rings. The Morgan fingerprint density at radius 2 is 1.82 bits per heavy atom. The Kier molecular flexibility index (Phi) is 6.15. The van der Waals surface area contributed by atoms with Gasteiger partial charge in [-0.25, -0.2) is 0 Å². The molecule has 1 aromatic carbocycles. The standard InChI is InChI=1S/C18H26O4/c1-12(2)22-16-10-9-13(11-14(16)18(3,4)5)15(19)7-6-8-17(20)21/h9-12H,6-8H2,1-5H3,(H,20,21). The van der Waals surface area contributed by atoms with E-state index in [1.54, 1.807) is 6.07 Å². The van der Waals surface area contributed by atoms with Crippen molar-refractivity contribution in [1.82, 2.24) is 0 Å². The minimum absolute atomic E-state index is 0.0203. The van der Waals surface area contributed by atoms with Gasteiger partial charge in [0, 0.05) is 24.0 Å². The molecule has 22 heavy (non-hydrogen) atoms. The zero-order valence-corrected chi connectivity index (χ0v) is 14.1. The van der Waals surface area contributed by atoms with Crippen molar-refractivity contribution in [3.8, 4) is 5.75 Å². The number of hydrogen-bond acceptors (Lipinski definition) is 3. The normalized spacial score (nSPS) is 11.5. The van der Waals surface area contributed by atoms with Crippen LogP contribution in [-0.2, 0) is 10.2 Å². The lowest BCUT2D eigenvalue weighted by atomic mass is 9.84. The smallest absolute Gasteiger partial charge is 0.303 e. The molecule has 1 aromatic rings. The minimum atomic E-state index is -0.871. The third-order valence-electron chi connectivity index (χ3n) is 3.27.